The Balaban J connectivity index is 1.16. The Morgan fingerprint density at radius 1 is 0.449 bits per heavy atom. The Hall–Kier alpha value is -6.16. The summed E-state index contributed by atoms with van der Waals surface area (Å²) >= 11 is 1.67. The average Bonchev–Trinajstić information content (AvgIpc) is 3.73. The Morgan fingerprint density at radius 3 is 2.04 bits per heavy atom. The highest BCUT2D eigenvalue weighted by Gasteiger charge is 2.15. The van der Waals surface area contributed by atoms with E-state index in [1.807, 2.05) is 54.6 Å². The molecule has 0 aliphatic carbocycles. The van der Waals surface area contributed by atoms with Gasteiger partial charge in [-0.2, -0.15) is 0 Å². The molecule has 3 aromatic heterocycles. The summed E-state index contributed by atoms with van der Waals surface area (Å²) in [5.41, 5.74) is 4.74. The van der Waals surface area contributed by atoms with Gasteiger partial charge in [0.25, 0.3) is 0 Å². The van der Waals surface area contributed by atoms with Gasteiger partial charge in [0.15, 0.2) is 0 Å². The van der Waals surface area contributed by atoms with Crippen molar-refractivity contribution in [2.45, 2.75) is 0 Å². The molecule has 0 N–H and O–H groups in total. The Bertz CT molecular complexity index is 3250. The third kappa shape index (κ3) is 4.62. The fourth-order valence-corrected chi connectivity index (χ4v) is 7.97. The summed E-state index contributed by atoms with van der Waals surface area (Å²) in [4.78, 5) is 11.6. The van der Waals surface area contributed by atoms with Crippen molar-refractivity contribution in [1.29, 1.82) is 0 Å². The molecule has 3 heteroatoms. The maximum absolute atomic E-state index is 9.45. The fraction of sp³-hybridized carbons (Fsp3) is 0. The number of thiophene rings is 1. The van der Waals surface area contributed by atoms with E-state index >= 15 is 0 Å². The molecule has 0 aliphatic rings. The molecule has 0 saturated heterocycles. The van der Waals surface area contributed by atoms with Crippen LogP contribution in [0.25, 0.3) is 97.4 Å². The topological polar surface area (TPSA) is 25.8 Å². The molecular weight excluding hydrogens is 613 g/mol. The molecule has 10 aromatic rings. The van der Waals surface area contributed by atoms with E-state index in [0.29, 0.717) is 22.3 Å². The number of hydrogen-bond donors (Lipinski definition) is 0. The van der Waals surface area contributed by atoms with E-state index in [4.69, 9.17) is 10.5 Å². The van der Waals surface area contributed by atoms with Crippen LogP contribution < -0.4 is 0 Å². The van der Waals surface area contributed by atoms with Crippen LogP contribution >= 0.6 is 11.3 Å². The van der Waals surface area contributed by atoms with Gasteiger partial charge in [-0.05, 0) is 85.4 Å². The molecule has 0 amide bonds. The Morgan fingerprint density at radius 2 is 1.14 bits per heavy atom. The van der Waals surface area contributed by atoms with Gasteiger partial charge in [-0.25, -0.2) is 4.98 Å². The van der Waals surface area contributed by atoms with E-state index < -0.39 is 12.1 Å². The first-order chi connectivity index (χ1) is 26.8. The minimum absolute atomic E-state index is 0.142. The molecule has 0 spiro atoms. The van der Waals surface area contributed by atoms with Gasteiger partial charge in [0.2, 0.25) is 0 Å². The van der Waals surface area contributed by atoms with Crippen molar-refractivity contribution in [1.82, 2.24) is 9.97 Å². The molecule has 0 fully saturated rings. The van der Waals surface area contributed by atoms with Gasteiger partial charge in [-0.1, -0.05) is 127 Å². The lowest BCUT2D eigenvalue weighted by atomic mass is 9.92. The molecule has 0 saturated carbocycles. The van der Waals surface area contributed by atoms with Crippen molar-refractivity contribution < 1.29 is 8.22 Å². The standard InChI is InChI=1S/C46H28N2S/c1-2-13-34-32(9-1)28-41(39-17-6-4-14-36(34)39)44-25-24-43(49-44)33-11-7-10-31(27-33)35-21-22-40(38-16-5-3-15-37(35)38)42-23-20-30-19-18-29-12-8-26-47-45(29)46(30)48-42/h1-28H/i3D,5D,15D,16D,21D,22D. The summed E-state index contributed by atoms with van der Waals surface area (Å²) in [5, 5.41) is 6.85. The van der Waals surface area contributed by atoms with Crippen LogP contribution in [0.15, 0.2) is 170 Å². The summed E-state index contributed by atoms with van der Waals surface area (Å²) < 4.78 is 54.5. The van der Waals surface area contributed by atoms with Crippen molar-refractivity contribution in [3.05, 3.63) is 170 Å². The highest BCUT2D eigenvalue weighted by atomic mass is 32.1. The third-order valence-corrected chi connectivity index (χ3v) is 10.4. The third-order valence-electron chi connectivity index (χ3n) is 9.26. The SMILES string of the molecule is [2H]c1c([2H])c([2H])c2c(-c3ccc4ccc5cccnc5c4n3)c([2H])c([2H])c(-c3cccc(-c4ccc(-c5cc6ccccc6c6ccccc56)s4)c3)c2c1[2H]. The maximum atomic E-state index is 9.45. The molecule has 7 aromatic carbocycles. The van der Waals surface area contributed by atoms with Gasteiger partial charge in [-0.3, -0.25) is 4.98 Å². The molecule has 0 aliphatic heterocycles. The minimum atomic E-state index is -0.407. The lowest BCUT2D eigenvalue weighted by Gasteiger charge is -2.13. The molecular formula is C46H28N2S. The summed E-state index contributed by atoms with van der Waals surface area (Å²) in [6, 6.07) is 40.8. The maximum Gasteiger partial charge on any atom is 0.0972 e. The number of aromatic nitrogens is 2. The molecule has 49 heavy (non-hydrogen) atoms. The monoisotopic (exact) mass is 646 g/mol. The van der Waals surface area contributed by atoms with E-state index in [2.05, 4.69) is 71.7 Å². The predicted octanol–water partition coefficient (Wildman–Crippen LogP) is 13.0. The van der Waals surface area contributed by atoms with Gasteiger partial charge in [0.05, 0.1) is 25.0 Å². The van der Waals surface area contributed by atoms with Crippen molar-refractivity contribution >= 4 is 65.5 Å². The minimum Gasteiger partial charge on any atom is -0.254 e. The van der Waals surface area contributed by atoms with E-state index in [-0.39, 0.29) is 46.1 Å². The zero-order valence-corrected chi connectivity index (χ0v) is 26.8. The van der Waals surface area contributed by atoms with Gasteiger partial charge in [-0.15, -0.1) is 11.3 Å². The molecule has 0 radical (unpaired) electrons. The van der Waals surface area contributed by atoms with Gasteiger partial charge < -0.3 is 0 Å². The van der Waals surface area contributed by atoms with Crippen molar-refractivity contribution in [2.24, 2.45) is 0 Å². The summed E-state index contributed by atoms with van der Waals surface area (Å²) in [6.45, 7) is 0. The van der Waals surface area contributed by atoms with Gasteiger partial charge >= 0.3 is 0 Å². The Kier molecular flexibility index (Phi) is 5.14. The molecule has 0 unspecified atom stereocenters. The smallest absolute Gasteiger partial charge is 0.0972 e. The van der Waals surface area contributed by atoms with Crippen LogP contribution in [0, 0.1) is 0 Å². The predicted molar refractivity (Wildman–Crippen MR) is 209 cm³/mol. The highest BCUT2D eigenvalue weighted by molar-refractivity contribution is 7.19. The lowest BCUT2D eigenvalue weighted by molar-refractivity contribution is 1.37. The molecule has 3 heterocycles. The van der Waals surface area contributed by atoms with Crippen molar-refractivity contribution in [2.75, 3.05) is 0 Å². The van der Waals surface area contributed by atoms with Crippen molar-refractivity contribution in [3.8, 4) is 43.3 Å². The van der Waals surface area contributed by atoms with Crippen molar-refractivity contribution in [3.63, 3.8) is 0 Å². The lowest BCUT2D eigenvalue weighted by Crippen LogP contribution is -1.91. The summed E-state index contributed by atoms with van der Waals surface area (Å²) in [5.74, 6) is 0. The number of rotatable bonds is 4. The van der Waals surface area contributed by atoms with E-state index in [1.54, 1.807) is 23.6 Å². The molecule has 0 bridgehead atoms. The second kappa shape index (κ2) is 11.2. The van der Waals surface area contributed by atoms with Crippen LogP contribution in [0.1, 0.15) is 8.22 Å². The quantitative estimate of drug-likeness (QED) is 0.178. The van der Waals surface area contributed by atoms with Crippen LogP contribution in [-0.2, 0) is 0 Å². The van der Waals surface area contributed by atoms with E-state index in [0.717, 1.165) is 31.7 Å². The number of benzene rings is 7. The number of pyridine rings is 2. The molecule has 0 atom stereocenters. The molecule has 228 valence electrons. The summed E-state index contributed by atoms with van der Waals surface area (Å²) in [6.07, 6.45) is 1.70. The zero-order valence-electron chi connectivity index (χ0n) is 32.0. The largest absolute Gasteiger partial charge is 0.254 e. The second-order valence-corrected chi connectivity index (χ2v) is 13.2. The van der Waals surface area contributed by atoms with Crippen LogP contribution in [0.3, 0.4) is 0 Å². The van der Waals surface area contributed by atoms with Crippen LogP contribution in [0.5, 0.6) is 0 Å². The van der Waals surface area contributed by atoms with Crippen LogP contribution in [0.4, 0.5) is 0 Å². The fourth-order valence-electron chi connectivity index (χ4n) is 6.93. The van der Waals surface area contributed by atoms with Gasteiger partial charge in [0, 0.05) is 37.9 Å². The number of nitrogens with zero attached hydrogens (tertiary/aromatic N) is 2. The van der Waals surface area contributed by atoms with E-state index in [1.165, 1.54) is 21.5 Å². The van der Waals surface area contributed by atoms with E-state index in [9.17, 15) is 2.74 Å². The Labute approximate surface area is 296 Å². The molecule has 2 nitrogen and oxygen atoms in total. The summed E-state index contributed by atoms with van der Waals surface area (Å²) in [7, 11) is 0. The number of fused-ring (bicyclic) bond motifs is 7. The zero-order chi connectivity index (χ0) is 37.5. The first kappa shape index (κ1) is 22.4. The first-order valence-electron chi connectivity index (χ1n) is 19.1. The number of hydrogen-bond acceptors (Lipinski definition) is 3. The first-order valence-corrected chi connectivity index (χ1v) is 16.9. The highest BCUT2D eigenvalue weighted by Crippen LogP contribution is 2.42. The average molecular weight is 647 g/mol. The van der Waals surface area contributed by atoms with Gasteiger partial charge in [0.1, 0.15) is 0 Å². The van der Waals surface area contributed by atoms with Crippen LogP contribution in [0.2, 0.25) is 0 Å². The second-order valence-electron chi connectivity index (χ2n) is 12.1. The molecule has 10 rings (SSSR count). The normalized spacial score (nSPS) is 13.4. The van der Waals surface area contributed by atoms with Crippen LogP contribution in [-0.4, -0.2) is 9.97 Å².